The number of benzene rings is 1. The van der Waals surface area contributed by atoms with Crippen molar-refractivity contribution in [3.8, 4) is 0 Å². The van der Waals surface area contributed by atoms with E-state index in [1.54, 1.807) is 30.0 Å². The number of hydrogen-bond acceptors (Lipinski definition) is 3. The zero-order chi connectivity index (χ0) is 14.5. The van der Waals surface area contributed by atoms with Crippen molar-refractivity contribution in [1.29, 1.82) is 0 Å². The highest BCUT2D eigenvalue weighted by atomic mass is 16.2. The summed E-state index contributed by atoms with van der Waals surface area (Å²) in [6, 6.07) is 6.64. The van der Waals surface area contributed by atoms with E-state index in [1.165, 1.54) is 0 Å². The number of carbonyl (C=O) groups is 2. The first kappa shape index (κ1) is 14.5. The van der Waals surface area contributed by atoms with Gasteiger partial charge in [-0.2, -0.15) is 0 Å². The van der Waals surface area contributed by atoms with Gasteiger partial charge in [-0.15, -0.1) is 0 Å². The summed E-state index contributed by atoms with van der Waals surface area (Å²) in [7, 11) is 0. The molecule has 5 nitrogen and oxygen atoms in total. The van der Waals surface area contributed by atoms with E-state index < -0.39 is 6.04 Å². The van der Waals surface area contributed by atoms with Gasteiger partial charge in [0.2, 0.25) is 5.91 Å². The minimum absolute atomic E-state index is 0.00849. The van der Waals surface area contributed by atoms with Gasteiger partial charge in [-0.3, -0.25) is 9.59 Å². The van der Waals surface area contributed by atoms with Gasteiger partial charge in [0.1, 0.15) is 6.04 Å². The Hall–Kier alpha value is -1.88. The number of carbonyl (C=O) groups excluding carboxylic acids is 2. The Morgan fingerprint density at radius 3 is 2.70 bits per heavy atom. The first-order valence-corrected chi connectivity index (χ1v) is 7.00. The Balaban J connectivity index is 1.97. The van der Waals surface area contributed by atoms with Crippen LogP contribution in [0.25, 0.3) is 0 Å². The van der Waals surface area contributed by atoms with Crippen LogP contribution in [-0.4, -0.2) is 35.8 Å². The summed E-state index contributed by atoms with van der Waals surface area (Å²) in [6.45, 7) is 3.71. The van der Waals surface area contributed by atoms with E-state index in [1.807, 2.05) is 6.07 Å². The Morgan fingerprint density at radius 2 is 2.05 bits per heavy atom. The van der Waals surface area contributed by atoms with Crippen LogP contribution >= 0.6 is 0 Å². The summed E-state index contributed by atoms with van der Waals surface area (Å²) in [4.78, 5) is 26.1. The average molecular weight is 275 g/mol. The second kappa shape index (κ2) is 6.52. The molecule has 2 amide bonds. The zero-order valence-corrected chi connectivity index (χ0v) is 11.8. The largest absolute Gasteiger partial charge is 0.341 e. The maximum atomic E-state index is 12.1. The summed E-state index contributed by atoms with van der Waals surface area (Å²) in [5.74, 6) is -0.244. The summed E-state index contributed by atoms with van der Waals surface area (Å²) in [5.41, 5.74) is 6.99. The van der Waals surface area contributed by atoms with E-state index in [9.17, 15) is 9.59 Å². The zero-order valence-electron chi connectivity index (χ0n) is 11.8. The molecule has 1 aliphatic heterocycles. The van der Waals surface area contributed by atoms with Crippen LogP contribution in [0, 0.1) is 0 Å². The van der Waals surface area contributed by atoms with Crippen molar-refractivity contribution in [3.63, 3.8) is 0 Å². The van der Waals surface area contributed by atoms with Crippen LogP contribution in [0.4, 0.5) is 0 Å². The van der Waals surface area contributed by atoms with Crippen molar-refractivity contribution in [2.24, 2.45) is 5.73 Å². The van der Waals surface area contributed by atoms with Gasteiger partial charge in [0.25, 0.3) is 5.91 Å². The van der Waals surface area contributed by atoms with Gasteiger partial charge in [0.05, 0.1) is 0 Å². The van der Waals surface area contributed by atoms with Gasteiger partial charge in [-0.1, -0.05) is 12.1 Å². The van der Waals surface area contributed by atoms with Crippen molar-refractivity contribution in [3.05, 3.63) is 35.4 Å². The fourth-order valence-electron chi connectivity index (χ4n) is 2.39. The number of nitrogens with one attached hydrogen (secondary N) is 1. The summed E-state index contributed by atoms with van der Waals surface area (Å²) in [5, 5.41) is 2.75. The van der Waals surface area contributed by atoms with Crippen LogP contribution in [0.15, 0.2) is 24.3 Å². The molecule has 1 aromatic carbocycles. The SMILES string of the molecule is CC(NC(=O)c1cccc(CN)c1)C(=O)N1CCCC1. The predicted molar refractivity (Wildman–Crippen MR) is 77.1 cm³/mol. The Morgan fingerprint density at radius 1 is 1.35 bits per heavy atom. The second-order valence-corrected chi connectivity index (χ2v) is 5.13. The molecule has 0 aromatic heterocycles. The van der Waals surface area contributed by atoms with E-state index in [0.717, 1.165) is 31.5 Å². The quantitative estimate of drug-likeness (QED) is 0.856. The number of rotatable bonds is 4. The molecule has 1 aliphatic rings. The molecule has 2 rings (SSSR count). The Labute approximate surface area is 119 Å². The lowest BCUT2D eigenvalue weighted by molar-refractivity contribution is -0.131. The maximum absolute atomic E-state index is 12.1. The lowest BCUT2D eigenvalue weighted by Gasteiger charge is -2.21. The highest BCUT2D eigenvalue weighted by Crippen LogP contribution is 2.10. The molecule has 0 bridgehead atoms. The monoisotopic (exact) mass is 275 g/mol. The van der Waals surface area contributed by atoms with Crippen LogP contribution in [-0.2, 0) is 11.3 Å². The Kier molecular flexibility index (Phi) is 4.74. The third kappa shape index (κ3) is 3.36. The predicted octanol–water partition coefficient (Wildman–Crippen LogP) is 0.886. The van der Waals surface area contributed by atoms with Gasteiger partial charge < -0.3 is 16.0 Å². The second-order valence-electron chi connectivity index (χ2n) is 5.13. The van der Waals surface area contributed by atoms with Crippen LogP contribution in [0.2, 0.25) is 0 Å². The topological polar surface area (TPSA) is 75.4 Å². The van der Waals surface area contributed by atoms with E-state index in [0.29, 0.717) is 12.1 Å². The van der Waals surface area contributed by atoms with Crippen molar-refractivity contribution < 1.29 is 9.59 Å². The molecular weight excluding hydrogens is 254 g/mol. The molecule has 0 radical (unpaired) electrons. The van der Waals surface area contributed by atoms with Crippen molar-refractivity contribution in [1.82, 2.24) is 10.2 Å². The van der Waals surface area contributed by atoms with E-state index in [-0.39, 0.29) is 11.8 Å². The minimum atomic E-state index is -0.498. The fourth-order valence-corrected chi connectivity index (χ4v) is 2.39. The van der Waals surface area contributed by atoms with Crippen LogP contribution in [0.5, 0.6) is 0 Å². The summed E-state index contributed by atoms with van der Waals surface area (Å²) < 4.78 is 0. The third-order valence-electron chi connectivity index (χ3n) is 3.56. The van der Waals surface area contributed by atoms with Crippen LogP contribution < -0.4 is 11.1 Å². The lowest BCUT2D eigenvalue weighted by Crippen LogP contribution is -2.45. The molecule has 1 atom stereocenters. The highest BCUT2D eigenvalue weighted by Gasteiger charge is 2.24. The molecule has 0 saturated carbocycles. The molecule has 5 heteroatoms. The van der Waals surface area contributed by atoms with E-state index in [2.05, 4.69) is 5.32 Å². The molecule has 1 saturated heterocycles. The number of nitrogens with zero attached hydrogens (tertiary/aromatic N) is 1. The average Bonchev–Trinajstić information content (AvgIpc) is 3.00. The normalized spacial score (nSPS) is 16.0. The number of likely N-dealkylation sites (tertiary alicyclic amines) is 1. The molecule has 1 fully saturated rings. The summed E-state index contributed by atoms with van der Waals surface area (Å²) in [6.07, 6.45) is 2.09. The number of hydrogen-bond donors (Lipinski definition) is 2. The van der Waals surface area contributed by atoms with E-state index >= 15 is 0 Å². The van der Waals surface area contributed by atoms with Gasteiger partial charge in [0.15, 0.2) is 0 Å². The van der Waals surface area contributed by atoms with Crippen molar-refractivity contribution in [2.75, 3.05) is 13.1 Å². The lowest BCUT2D eigenvalue weighted by atomic mass is 10.1. The smallest absolute Gasteiger partial charge is 0.251 e. The molecule has 108 valence electrons. The molecule has 20 heavy (non-hydrogen) atoms. The van der Waals surface area contributed by atoms with Crippen LogP contribution in [0.1, 0.15) is 35.7 Å². The van der Waals surface area contributed by atoms with Gasteiger partial charge in [-0.05, 0) is 37.5 Å². The molecule has 1 heterocycles. The van der Waals surface area contributed by atoms with Gasteiger partial charge in [-0.25, -0.2) is 0 Å². The number of nitrogens with two attached hydrogens (primary N) is 1. The molecular formula is C15H21N3O2. The third-order valence-corrected chi connectivity index (χ3v) is 3.56. The maximum Gasteiger partial charge on any atom is 0.251 e. The van der Waals surface area contributed by atoms with E-state index in [4.69, 9.17) is 5.73 Å². The van der Waals surface area contributed by atoms with Crippen molar-refractivity contribution in [2.45, 2.75) is 32.4 Å². The molecule has 0 aliphatic carbocycles. The first-order valence-electron chi connectivity index (χ1n) is 7.00. The fraction of sp³-hybridized carbons (Fsp3) is 0.467. The molecule has 3 N–H and O–H groups in total. The molecule has 1 unspecified atom stereocenters. The number of amides is 2. The highest BCUT2D eigenvalue weighted by molar-refractivity contribution is 5.97. The summed E-state index contributed by atoms with van der Waals surface area (Å²) >= 11 is 0. The Bertz CT molecular complexity index is 496. The van der Waals surface area contributed by atoms with Crippen LogP contribution in [0.3, 0.4) is 0 Å². The molecule has 1 aromatic rings. The van der Waals surface area contributed by atoms with Crippen molar-refractivity contribution >= 4 is 11.8 Å². The van der Waals surface area contributed by atoms with Gasteiger partial charge >= 0.3 is 0 Å². The first-order chi connectivity index (χ1) is 9.61. The minimum Gasteiger partial charge on any atom is -0.341 e. The standard InChI is InChI=1S/C15H21N3O2/c1-11(15(20)18-7-2-3-8-18)17-14(19)13-6-4-5-12(9-13)10-16/h4-6,9,11H,2-3,7-8,10,16H2,1H3,(H,17,19). The van der Waals surface area contributed by atoms with Gasteiger partial charge in [0, 0.05) is 25.2 Å². The molecule has 0 spiro atoms.